The van der Waals surface area contributed by atoms with Crippen LogP contribution in [0.4, 0.5) is 10.8 Å². The van der Waals surface area contributed by atoms with Crippen LogP contribution in [0.5, 0.6) is 17.2 Å². The quantitative estimate of drug-likeness (QED) is 0.211. The lowest BCUT2D eigenvalue weighted by Gasteiger charge is -2.15. The number of ether oxygens (including phenoxy) is 3. The predicted molar refractivity (Wildman–Crippen MR) is 162 cm³/mol. The van der Waals surface area contributed by atoms with E-state index in [0.29, 0.717) is 43.2 Å². The van der Waals surface area contributed by atoms with Crippen molar-refractivity contribution in [3.8, 4) is 39.6 Å². The topological polar surface area (TPSA) is 109 Å². The highest BCUT2D eigenvalue weighted by atomic mass is 32.1. The molecule has 3 aromatic carbocycles. The SMILES string of the molecule is COc1cc(-c2cc(-c3ccccc3)nc3sc(C(=O)Nc4nc5ccccc5s4)c(N)c23)cc(OC)c1OC. The molecule has 6 aromatic rings. The zero-order valence-electron chi connectivity index (χ0n) is 21.8. The molecule has 0 saturated carbocycles. The predicted octanol–water partition coefficient (Wildman–Crippen LogP) is 7.10. The normalized spacial score (nSPS) is 11.1. The van der Waals surface area contributed by atoms with Crippen LogP contribution in [0.1, 0.15) is 9.67 Å². The van der Waals surface area contributed by atoms with Gasteiger partial charge in [-0.2, -0.15) is 0 Å². The standard InChI is InChI=1S/C30H24N4O4S2/c1-36-21-13-17(14-22(37-2)26(21)38-3)18-15-20(16-9-5-4-6-10-16)32-29-24(18)25(31)27(40-29)28(35)34-30-33-19-11-7-8-12-23(19)39-30/h4-15H,31H2,1-3H3,(H,33,34,35). The number of nitrogens with two attached hydrogens (primary N) is 1. The van der Waals surface area contributed by atoms with Gasteiger partial charge < -0.3 is 19.9 Å². The van der Waals surface area contributed by atoms with Crippen LogP contribution in [0.25, 0.3) is 42.8 Å². The second-order valence-corrected chi connectivity index (χ2v) is 10.8. The van der Waals surface area contributed by atoms with E-state index in [4.69, 9.17) is 24.9 Å². The van der Waals surface area contributed by atoms with Gasteiger partial charge in [0.1, 0.15) is 9.71 Å². The fraction of sp³-hybridized carbons (Fsp3) is 0.100. The summed E-state index contributed by atoms with van der Waals surface area (Å²) < 4.78 is 17.7. The van der Waals surface area contributed by atoms with Gasteiger partial charge in [-0.15, -0.1) is 11.3 Å². The second-order valence-electron chi connectivity index (χ2n) is 8.80. The highest BCUT2D eigenvalue weighted by molar-refractivity contribution is 7.23. The summed E-state index contributed by atoms with van der Waals surface area (Å²) in [5.41, 5.74) is 11.1. The number of anilines is 2. The number of rotatable bonds is 7. The summed E-state index contributed by atoms with van der Waals surface area (Å²) in [4.78, 5) is 23.9. The van der Waals surface area contributed by atoms with Crippen LogP contribution in [0, 0.1) is 0 Å². The van der Waals surface area contributed by atoms with Gasteiger partial charge in [-0.1, -0.05) is 53.8 Å². The van der Waals surface area contributed by atoms with Crippen molar-refractivity contribution in [2.45, 2.75) is 0 Å². The van der Waals surface area contributed by atoms with Crippen LogP contribution < -0.4 is 25.3 Å². The first-order valence-corrected chi connectivity index (χ1v) is 13.9. The summed E-state index contributed by atoms with van der Waals surface area (Å²) in [6, 6.07) is 23.3. The number of carbonyl (C=O) groups is 1. The van der Waals surface area contributed by atoms with E-state index in [9.17, 15) is 4.79 Å². The average molecular weight is 569 g/mol. The third kappa shape index (κ3) is 4.47. The zero-order chi connectivity index (χ0) is 27.8. The summed E-state index contributed by atoms with van der Waals surface area (Å²) in [6.07, 6.45) is 0. The summed E-state index contributed by atoms with van der Waals surface area (Å²) in [5.74, 6) is 1.16. The molecule has 200 valence electrons. The molecule has 1 amide bonds. The first-order valence-electron chi connectivity index (χ1n) is 12.3. The van der Waals surface area contributed by atoms with Crippen molar-refractivity contribution >= 4 is 59.8 Å². The maximum atomic E-state index is 13.5. The van der Waals surface area contributed by atoms with Crippen molar-refractivity contribution in [2.24, 2.45) is 0 Å². The van der Waals surface area contributed by atoms with Gasteiger partial charge in [0.05, 0.1) is 42.9 Å². The number of aromatic nitrogens is 2. The Kier molecular flexibility index (Phi) is 6.71. The van der Waals surface area contributed by atoms with Crippen molar-refractivity contribution in [2.75, 3.05) is 32.4 Å². The molecule has 10 heteroatoms. The van der Waals surface area contributed by atoms with Crippen molar-refractivity contribution in [1.29, 1.82) is 0 Å². The Bertz CT molecular complexity index is 1820. The fourth-order valence-corrected chi connectivity index (χ4v) is 6.47. The van der Waals surface area contributed by atoms with Crippen molar-refractivity contribution in [1.82, 2.24) is 9.97 Å². The number of para-hydroxylation sites is 1. The molecule has 0 aliphatic rings. The molecule has 0 radical (unpaired) electrons. The van der Waals surface area contributed by atoms with Crippen LogP contribution in [-0.2, 0) is 0 Å². The molecule has 8 nitrogen and oxygen atoms in total. The molecule has 3 aromatic heterocycles. The molecule has 0 bridgehead atoms. The van der Waals surface area contributed by atoms with Gasteiger partial charge in [0.15, 0.2) is 16.6 Å². The van der Waals surface area contributed by atoms with E-state index in [1.165, 1.54) is 22.7 Å². The molecule has 6 rings (SSSR count). The summed E-state index contributed by atoms with van der Waals surface area (Å²) in [7, 11) is 4.70. The molecule has 0 spiro atoms. The van der Waals surface area contributed by atoms with Crippen molar-refractivity contribution < 1.29 is 19.0 Å². The summed E-state index contributed by atoms with van der Waals surface area (Å²) in [5, 5.41) is 4.10. The number of hydrogen-bond donors (Lipinski definition) is 2. The monoisotopic (exact) mass is 568 g/mol. The van der Waals surface area contributed by atoms with Gasteiger partial charge in [-0.05, 0) is 41.5 Å². The van der Waals surface area contributed by atoms with Crippen LogP contribution >= 0.6 is 22.7 Å². The Morgan fingerprint density at radius 2 is 1.52 bits per heavy atom. The number of amides is 1. The van der Waals surface area contributed by atoms with Gasteiger partial charge in [-0.3, -0.25) is 10.1 Å². The molecular formula is C30H24N4O4S2. The number of methoxy groups -OCH3 is 3. The maximum Gasteiger partial charge on any atom is 0.269 e. The first-order chi connectivity index (χ1) is 19.5. The molecule has 0 fully saturated rings. The van der Waals surface area contributed by atoms with Gasteiger partial charge in [0.2, 0.25) is 5.75 Å². The molecule has 3 heterocycles. The van der Waals surface area contributed by atoms with Crippen molar-refractivity contribution in [3.63, 3.8) is 0 Å². The molecule has 0 atom stereocenters. The zero-order valence-corrected chi connectivity index (χ0v) is 23.5. The van der Waals surface area contributed by atoms with Crippen molar-refractivity contribution in [3.05, 3.63) is 77.7 Å². The van der Waals surface area contributed by atoms with Gasteiger partial charge >= 0.3 is 0 Å². The number of carbonyl (C=O) groups excluding carboxylic acids is 1. The number of nitrogen functional groups attached to an aromatic ring is 1. The minimum absolute atomic E-state index is 0.336. The number of nitrogens with one attached hydrogen (secondary N) is 1. The Morgan fingerprint density at radius 3 is 2.20 bits per heavy atom. The minimum Gasteiger partial charge on any atom is -0.493 e. The van der Waals surface area contributed by atoms with E-state index in [1.54, 1.807) is 21.3 Å². The van der Waals surface area contributed by atoms with Crippen LogP contribution in [0.15, 0.2) is 72.8 Å². The van der Waals surface area contributed by atoms with Gasteiger partial charge in [0, 0.05) is 10.9 Å². The average Bonchev–Trinajstić information content (AvgIpc) is 3.56. The van der Waals surface area contributed by atoms with E-state index in [2.05, 4.69) is 10.3 Å². The number of pyridine rings is 1. The molecule has 0 unspecified atom stereocenters. The van der Waals surface area contributed by atoms with E-state index in [-0.39, 0.29) is 5.91 Å². The number of hydrogen-bond acceptors (Lipinski definition) is 9. The Balaban J connectivity index is 1.53. The Morgan fingerprint density at radius 1 is 0.825 bits per heavy atom. The second kappa shape index (κ2) is 10.5. The molecule has 3 N–H and O–H groups in total. The van der Waals surface area contributed by atoms with E-state index < -0.39 is 0 Å². The Labute approximate surface area is 238 Å². The third-order valence-electron chi connectivity index (χ3n) is 6.46. The summed E-state index contributed by atoms with van der Waals surface area (Å²) in [6.45, 7) is 0. The van der Waals surface area contributed by atoms with Crippen LogP contribution in [0.2, 0.25) is 0 Å². The largest absolute Gasteiger partial charge is 0.493 e. The first kappa shape index (κ1) is 25.6. The number of nitrogens with zero attached hydrogens (tertiary/aromatic N) is 2. The van der Waals surface area contributed by atoms with E-state index >= 15 is 0 Å². The molecule has 40 heavy (non-hydrogen) atoms. The van der Waals surface area contributed by atoms with Crippen LogP contribution in [0.3, 0.4) is 0 Å². The molecule has 0 aliphatic carbocycles. The Hall–Kier alpha value is -4.67. The van der Waals surface area contributed by atoms with Crippen LogP contribution in [-0.4, -0.2) is 37.2 Å². The van der Waals surface area contributed by atoms with Gasteiger partial charge in [0.25, 0.3) is 5.91 Å². The van der Waals surface area contributed by atoms with E-state index in [0.717, 1.165) is 32.6 Å². The number of thiazole rings is 1. The number of thiophene rings is 1. The molecule has 0 aliphatic heterocycles. The fourth-order valence-electron chi connectivity index (χ4n) is 4.59. The number of benzene rings is 3. The molecular weight excluding hydrogens is 544 g/mol. The smallest absolute Gasteiger partial charge is 0.269 e. The minimum atomic E-state index is -0.336. The van der Waals surface area contributed by atoms with E-state index in [1.807, 2.05) is 72.8 Å². The lowest BCUT2D eigenvalue weighted by atomic mass is 9.98. The molecule has 0 saturated heterocycles. The highest BCUT2D eigenvalue weighted by Gasteiger charge is 2.24. The lowest BCUT2D eigenvalue weighted by Crippen LogP contribution is -2.11. The maximum absolute atomic E-state index is 13.5. The highest BCUT2D eigenvalue weighted by Crippen LogP contribution is 2.46. The summed E-state index contributed by atoms with van der Waals surface area (Å²) >= 11 is 2.65. The number of fused-ring (bicyclic) bond motifs is 2. The van der Waals surface area contributed by atoms with Gasteiger partial charge in [-0.25, -0.2) is 9.97 Å². The third-order valence-corrected chi connectivity index (χ3v) is 8.51. The lowest BCUT2D eigenvalue weighted by molar-refractivity contribution is 0.103.